The number of rotatable bonds is 4. The first-order valence-electron chi connectivity index (χ1n) is 8.30. The lowest BCUT2D eigenvalue weighted by Gasteiger charge is -2.33. The molecule has 0 saturated carbocycles. The molecule has 1 fully saturated rings. The number of furan rings is 1. The molecule has 0 spiro atoms. The van der Waals surface area contributed by atoms with Crippen molar-refractivity contribution in [1.29, 1.82) is 0 Å². The van der Waals surface area contributed by atoms with Gasteiger partial charge in [-0.15, -0.1) is 10.2 Å². The van der Waals surface area contributed by atoms with Gasteiger partial charge in [0.05, 0.1) is 12.1 Å². The van der Waals surface area contributed by atoms with E-state index >= 15 is 0 Å². The molecule has 1 atom stereocenters. The molecule has 1 aliphatic rings. The first-order chi connectivity index (χ1) is 11.5. The first-order valence-corrected chi connectivity index (χ1v) is 8.30. The number of likely N-dealkylation sites (tertiary alicyclic amines) is 1. The fraction of sp³-hybridized carbons (Fsp3) is 0.588. The topological polar surface area (TPSA) is 75.6 Å². The third-order valence-electron chi connectivity index (χ3n) is 4.25. The highest BCUT2D eigenvalue weighted by Gasteiger charge is 2.33. The minimum Gasteiger partial charge on any atom is -0.466 e. The Bertz CT molecular complexity index is 719. The van der Waals surface area contributed by atoms with Gasteiger partial charge in [0.25, 0.3) is 5.91 Å². The molecule has 7 heteroatoms. The maximum absolute atomic E-state index is 13.0. The number of amides is 1. The van der Waals surface area contributed by atoms with Crippen LogP contribution in [0.5, 0.6) is 0 Å². The van der Waals surface area contributed by atoms with Gasteiger partial charge in [0.15, 0.2) is 0 Å². The van der Waals surface area contributed by atoms with Crippen LogP contribution in [0.25, 0.3) is 0 Å². The molecule has 130 valence electrons. The van der Waals surface area contributed by atoms with E-state index in [1.165, 1.54) is 0 Å². The van der Waals surface area contributed by atoms with Crippen LogP contribution in [-0.2, 0) is 6.54 Å². The molecule has 1 aliphatic heterocycles. The summed E-state index contributed by atoms with van der Waals surface area (Å²) < 4.78 is 11.3. The number of carbonyl (C=O) groups is 1. The fourth-order valence-corrected chi connectivity index (χ4v) is 3.16. The molecule has 0 aliphatic carbocycles. The maximum Gasteiger partial charge on any atom is 0.258 e. The second kappa shape index (κ2) is 6.76. The lowest BCUT2D eigenvalue weighted by atomic mass is 10.0. The molecule has 1 amide bonds. The van der Waals surface area contributed by atoms with Gasteiger partial charge in [-0.1, -0.05) is 0 Å². The average Bonchev–Trinajstić information content (AvgIpc) is 3.12. The van der Waals surface area contributed by atoms with Crippen LogP contribution in [-0.4, -0.2) is 46.5 Å². The number of carbonyl (C=O) groups excluding carboxylic acids is 1. The number of hydrogen-bond donors (Lipinski definition) is 0. The van der Waals surface area contributed by atoms with Crippen molar-refractivity contribution in [3.63, 3.8) is 0 Å². The molecule has 1 saturated heterocycles. The summed E-state index contributed by atoms with van der Waals surface area (Å²) >= 11 is 0. The Labute approximate surface area is 141 Å². The van der Waals surface area contributed by atoms with E-state index in [-0.39, 0.29) is 11.9 Å². The molecule has 3 heterocycles. The second-order valence-electron chi connectivity index (χ2n) is 6.61. The molecule has 2 aromatic heterocycles. The SMILES string of the molecule is Cc1cc(C(=O)N2CCCC[C@H]2c2nnc(CN(C)C)o2)c(C)o1. The number of hydrogen-bond acceptors (Lipinski definition) is 6. The van der Waals surface area contributed by atoms with Gasteiger partial charge in [0.1, 0.15) is 17.6 Å². The minimum absolute atomic E-state index is 0.0265. The molecule has 2 aromatic rings. The molecule has 3 rings (SSSR count). The molecular formula is C17H24N4O3. The normalized spacial score (nSPS) is 18.4. The summed E-state index contributed by atoms with van der Waals surface area (Å²) in [6.07, 6.45) is 2.87. The quantitative estimate of drug-likeness (QED) is 0.857. The lowest BCUT2D eigenvalue weighted by Crippen LogP contribution is -2.38. The third kappa shape index (κ3) is 3.36. The van der Waals surface area contributed by atoms with Gasteiger partial charge >= 0.3 is 0 Å². The van der Waals surface area contributed by atoms with Crippen LogP contribution in [0.4, 0.5) is 0 Å². The van der Waals surface area contributed by atoms with E-state index in [9.17, 15) is 4.79 Å². The Morgan fingerprint density at radius 3 is 2.75 bits per heavy atom. The van der Waals surface area contributed by atoms with Crippen LogP contribution in [0.3, 0.4) is 0 Å². The Hall–Kier alpha value is -2.15. The molecule has 0 radical (unpaired) electrons. The molecule has 0 N–H and O–H groups in total. The van der Waals surface area contributed by atoms with E-state index < -0.39 is 0 Å². The van der Waals surface area contributed by atoms with Crippen molar-refractivity contribution in [3.05, 3.63) is 34.9 Å². The van der Waals surface area contributed by atoms with Crippen LogP contribution < -0.4 is 0 Å². The van der Waals surface area contributed by atoms with Gasteiger partial charge in [0, 0.05) is 6.54 Å². The first kappa shape index (κ1) is 16.7. The third-order valence-corrected chi connectivity index (χ3v) is 4.25. The molecule has 0 bridgehead atoms. The van der Waals surface area contributed by atoms with Crippen molar-refractivity contribution >= 4 is 5.91 Å². The number of nitrogens with zero attached hydrogens (tertiary/aromatic N) is 4. The van der Waals surface area contributed by atoms with Crippen molar-refractivity contribution in [1.82, 2.24) is 20.0 Å². The summed E-state index contributed by atoms with van der Waals surface area (Å²) in [6.45, 7) is 4.95. The van der Waals surface area contributed by atoms with Gasteiger partial charge < -0.3 is 18.6 Å². The maximum atomic E-state index is 13.0. The number of piperidine rings is 1. The van der Waals surface area contributed by atoms with Gasteiger partial charge in [-0.05, 0) is 53.3 Å². The van der Waals surface area contributed by atoms with Crippen molar-refractivity contribution in [3.8, 4) is 0 Å². The van der Waals surface area contributed by atoms with E-state index in [0.29, 0.717) is 36.2 Å². The summed E-state index contributed by atoms with van der Waals surface area (Å²) in [5.41, 5.74) is 0.618. The standard InChI is InChI=1S/C17H24N4O3/c1-11-9-13(12(2)23-11)17(22)21-8-6-5-7-14(21)16-19-18-15(24-16)10-20(3)4/h9,14H,5-8,10H2,1-4H3/t14-/m0/s1. The van der Waals surface area contributed by atoms with E-state index in [2.05, 4.69) is 10.2 Å². The second-order valence-corrected chi connectivity index (χ2v) is 6.61. The van der Waals surface area contributed by atoms with Crippen molar-refractivity contribution in [2.75, 3.05) is 20.6 Å². The summed E-state index contributed by atoms with van der Waals surface area (Å²) in [5.74, 6) is 2.47. The predicted octanol–water partition coefficient (Wildman–Crippen LogP) is 2.71. The number of aryl methyl sites for hydroxylation is 2. The Balaban J connectivity index is 1.84. The smallest absolute Gasteiger partial charge is 0.258 e. The van der Waals surface area contributed by atoms with Gasteiger partial charge in [-0.3, -0.25) is 4.79 Å². The monoisotopic (exact) mass is 332 g/mol. The van der Waals surface area contributed by atoms with E-state index in [1.807, 2.05) is 37.7 Å². The van der Waals surface area contributed by atoms with Crippen LogP contribution in [0.2, 0.25) is 0 Å². The van der Waals surface area contributed by atoms with E-state index in [4.69, 9.17) is 8.83 Å². The highest BCUT2D eigenvalue weighted by atomic mass is 16.4. The van der Waals surface area contributed by atoms with Gasteiger partial charge in [0.2, 0.25) is 11.8 Å². The predicted molar refractivity (Wildman–Crippen MR) is 87.5 cm³/mol. The summed E-state index contributed by atoms with van der Waals surface area (Å²) in [6, 6.07) is 1.64. The highest BCUT2D eigenvalue weighted by Crippen LogP contribution is 2.32. The fourth-order valence-electron chi connectivity index (χ4n) is 3.16. The van der Waals surface area contributed by atoms with E-state index in [1.54, 1.807) is 6.07 Å². The molecular weight excluding hydrogens is 308 g/mol. The summed E-state index contributed by atoms with van der Waals surface area (Å²) in [7, 11) is 3.90. The molecule has 7 nitrogen and oxygen atoms in total. The molecule has 0 aromatic carbocycles. The Morgan fingerprint density at radius 2 is 2.08 bits per heavy atom. The Kier molecular flexibility index (Phi) is 4.71. The zero-order valence-corrected chi connectivity index (χ0v) is 14.7. The zero-order valence-electron chi connectivity index (χ0n) is 14.7. The summed E-state index contributed by atoms with van der Waals surface area (Å²) in [5, 5.41) is 8.29. The van der Waals surface area contributed by atoms with Crippen molar-refractivity contribution in [2.45, 2.75) is 45.7 Å². The van der Waals surface area contributed by atoms with Crippen LogP contribution >= 0.6 is 0 Å². The van der Waals surface area contributed by atoms with Crippen molar-refractivity contribution in [2.24, 2.45) is 0 Å². The number of aromatic nitrogens is 2. The molecule has 0 unspecified atom stereocenters. The lowest BCUT2D eigenvalue weighted by molar-refractivity contribution is 0.0566. The minimum atomic E-state index is -0.163. The Morgan fingerprint density at radius 1 is 1.29 bits per heavy atom. The molecule has 24 heavy (non-hydrogen) atoms. The summed E-state index contributed by atoms with van der Waals surface area (Å²) in [4.78, 5) is 16.8. The van der Waals surface area contributed by atoms with Gasteiger partial charge in [-0.2, -0.15) is 0 Å². The van der Waals surface area contributed by atoms with E-state index in [0.717, 1.165) is 25.0 Å². The largest absolute Gasteiger partial charge is 0.466 e. The van der Waals surface area contributed by atoms with Crippen LogP contribution in [0, 0.1) is 13.8 Å². The van der Waals surface area contributed by atoms with Gasteiger partial charge in [-0.25, -0.2) is 0 Å². The average molecular weight is 332 g/mol. The van der Waals surface area contributed by atoms with Crippen molar-refractivity contribution < 1.29 is 13.6 Å². The van der Waals surface area contributed by atoms with Crippen LogP contribution in [0.1, 0.15) is 59.0 Å². The zero-order chi connectivity index (χ0) is 17.3. The highest BCUT2D eigenvalue weighted by molar-refractivity contribution is 5.95. The van der Waals surface area contributed by atoms with Crippen LogP contribution in [0.15, 0.2) is 14.9 Å².